The van der Waals surface area contributed by atoms with Crippen LogP contribution in [0.1, 0.15) is 19.1 Å². The summed E-state index contributed by atoms with van der Waals surface area (Å²) in [5.74, 6) is 0.478. The zero-order chi connectivity index (χ0) is 12.3. The number of furan rings is 1. The summed E-state index contributed by atoms with van der Waals surface area (Å²) in [6, 6.07) is 3.60. The maximum absolute atomic E-state index is 10.5. The monoisotopic (exact) mass is 239 g/mol. The number of likely N-dealkylation sites (N-methyl/N-ethyl adjacent to an activating group) is 1. The summed E-state index contributed by atoms with van der Waals surface area (Å²) in [7, 11) is 0. The van der Waals surface area contributed by atoms with Crippen LogP contribution in [0.4, 0.5) is 5.88 Å². The first-order chi connectivity index (χ1) is 8.20. The molecule has 1 atom stereocenters. The lowest BCUT2D eigenvalue weighted by molar-refractivity contribution is -0.402. The predicted octanol–water partition coefficient (Wildman–Crippen LogP) is 1.37. The van der Waals surface area contributed by atoms with Crippen molar-refractivity contribution < 1.29 is 9.34 Å². The van der Waals surface area contributed by atoms with Crippen LogP contribution in [0, 0.1) is 10.1 Å². The van der Waals surface area contributed by atoms with Crippen LogP contribution in [0.3, 0.4) is 0 Å². The highest BCUT2D eigenvalue weighted by atomic mass is 16.6. The molecule has 0 aliphatic carbocycles. The molecule has 0 saturated carbocycles. The topological polar surface area (TPSA) is 71.5 Å². The number of hydrogen-bond acceptors (Lipinski definition) is 5. The Kier molecular flexibility index (Phi) is 3.75. The summed E-state index contributed by atoms with van der Waals surface area (Å²) in [5, 5.41) is 13.8. The Bertz CT molecular complexity index is 385. The van der Waals surface area contributed by atoms with E-state index >= 15 is 0 Å². The fraction of sp³-hybridized carbons (Fsp3) is 0.636. The van der Waals surface area contributed by atoms with Crippen LogP contribution < -0.4 is 5.32 Å². The lowest BCUT2D eigenvalue weighted by Gasteiger charge is -2.25. The van der Waals surface area contributed by atoms with Crippen LogP contribution in [0.25, 0.3) is 0 Å². The first kappa shape index (κ1) is 12.1. The van der Waals surface area contributed by atoms with Gasteiger partial charge in [0.25, 0.3) is 0 Å². The van der Waals surface area contributed by atoms with Crippen LogP contribution in [0.5, 0.6) is 0 Å². The predicted molar refractivity (Wildman–Crippen MR) is 62.7 cm³/mol. The minimum absolute atomic E-state index is 0.180. The van der Waals surface area contributed by atoms with Crippen molar-refractivity contribution in [3.05, 3.63) is 28.0 Å². The van der Waals surface area contributed by atoms with Crippen molar-refractivity contribution in [3.8, 4) is 0 Å². The Hall–Kier alpha value is -1.40. The molecule has 1 aliphatic heterocycles. The van der Waals surface area contributed by atoms with Crippen molar-refractivity contribution in [2.75, 3.05) is 19.6 Å². The van der Waals surface area contributed by atoms with Gasteiger partial charge >= 0.3 is 5.88 Å². The molecule has 94 valence electrons. The molecule has 1 N–H and O–H groups in total. The fourth-order valence-corrected chi connectivity index (χ4v) is 2.20. The molecule has 1 fully saturated rings. The van der Waals surface area contributed by atoms with E-state index in [1.54, 1.807) is 6.07 Å². The molecule has 0 amide bonds. The number of nitro groups is 1. The second kappa shape index (κ2) is 5.29. The highest BCUT2D eigenvalue weighted by Crippen LogP contribution is 2.19. The summed E-state index contributed by atoms with van der Waals surface area (Å²) in [4.78, 5) is 12.3. The normalized spacial score (nSPS) is 20.0. The molecule has 0 radical (unpaired) electrons. The largest absolute Gasteiger partial charge is 0.433 e. The number of rotatable bonds is 5. The molecule has 1 aromatic rings. The quantitative estimate of drug-likeness (QED) is 0.620. The average Bonchev–Trinajstić information content (AvgIpc) is 2.96. The van der Waals surface area contributed by atoms with Crippen LogP contribution in [0.2, 0.25) is 0 Å². The van der Waals surface area contributed by atoms with Crippen LogP contribution in [-0.2, 0) is 6.54 Å². The third-order valence-corrected chi connectivity index (χ3v) is 3.14. The Labute approximate surface area is 99.7 Å². The Balaban J connectivity index is 1.99. The van der Waals surface area contributed by atoms with Crippen molar-refractivity contribution in [2.24, 2.45) is 0 Å². The molecule has 0 bridgehead atoms. The average molecular weight is 239 g/mol. The molecule has 1 aromatic heterocycles. The smallest absolute Gasteiger partial charge is 0.404 e. The summed E-state index contributed by atoms with van der Waals surface area (Å²) < 4.78 is 5.18. The van der Waals surface area contributed by atoms with E-state index in [0.29, 0.717) is 18.3 Å². The van der Waals surface area contributed by atoms with Gasteiger partial charge in [0.2, 0.25) is 0 Å². The maximum atomic E-state index is 10.5. The first-order valence-corrected chi connectivity index (χ1v) is 5.88. The van der Waals surface area contributed by atoms with Gasteiger partial charge in [-0.3, -0.25) is 15.0 Å². The molecule has 1 aliphatic rings. The molecule has 2 heterocycles. The highest BCUT2D eigenvalue weighted by molar-refractivity contribution is 5.17. The van der Waals surface area contributed by atoms with Crippen molar-refractivity contribution in [3.63, 3.8) is 0 Å². The first-order valence-electron chi connectivity index (χ1n) is 5.88. The minimum atomic E-state index is -0.503. The SMILES string of the molecule is CCN(Cc1ccc([N+](=O)[O-])o1)C1CCNC1. The molecule has 2 rings (SSSR count). The van der Waals surface area contributed by atoms with Gasteiger partial charge in [-0.05, 0) is 25.6 Å². The van der Waals surface area contributed by atoms with E-state index in [1.807, 2.05) is 0 Å². The van der Waals surface area contributed by atoms with Gasteiger partial charge in [0.15, 0.2) is 0 Å². The van der Waals surface area contributed by atoms with E-state index in [1.165, 1.54) is 6.07 Å². The van der Waals surface area contributed by atoms with Crippen molar-refractivity contribution >= 4 is 5.88 Å². The lowest BCUT2D eigenvalue weighted by atomic mass is 10.2. The van der Waals surface area contributed by atoms with Gasteiger partial charge in [-0.15, -0.1) is 0 Å². The zero-order valence-corrected chi connectivity index (χ0v) is 9.89. The molecular weight excluding hydrogens is 222 g/mol. The van der Waals surface area contributed by atoms with E-state index in [9.17, 15) is 10.1 Å². The van der Waals surface area contributed by atoms with E-state index in [0.717, 1.165) is 26.1 Å². The van der Waals surface area contributed by atoms with Gasteiger partial charge in [-0.1, -0.05) is 6.92 Å². The summed E-state index contributed by atoms with van der Waals surface area (Å²) in [6.07, 6.45) is 1.12. The van der Waals surface area contributed by atoms with Crippen LogP contribution in [-0.4, -0.2) is 35.5 Å². The van der Waals surface area contributed by atoms with E-state index < -0.39 is 4.92 Å². The lowest BCUT2D eigenvalue weighted by Crippen LogP contribution is -2.36. The van der Waals surface area contributed by atoms with Gasteiger partial charge in [0.1, 0.15) is 10.7 Å². The Morgan fingerprint density at radius 2 is 2.47 bits per heavy atom. The number of hydrogen-bond donors (Lipinski definition) is 1. The summed E-state index contributed by atoms with van der Waals surface area (Å²) >= 11 is 0. The molecule has 1 unspecified atom stereocenters. The molecule has 6 heteroatoms. The highest BCUT2D eigenvalue weighted by Gasteiger charge is 2.22. The zero-order valence-electron chi connectivity index (χ0n) is 9.89. The Morgan fingerprint density at radius 1 is 1.65 bits per heavy atom. The maximum Gasteiger partial charge on any atom is 0.433 e. The van der Waals surface area contributed by atoms with Gasteiger partial charge in [0.05, 0.1) is 12.6 Å². The van der Waals surface area contributed by atoms with Crippen molar-refractivity contribution in [2.45, 2.75) is 25.9 Å². The molecule has 0 spiro atoms. The fourth-order valence-electron chi connectivity index (χ4n) is 2.20. The molecule has 0 aromatic carbocycles. The molecule has 17 heavy (non-hydrogen) atoms. The summed E-state index contributed by atoms with van der Waals surface area (Å²) in [6.45, 7) is 5.67. The van der Waals surface area contributed by atoms with E-state index in [2.05, 4.69) is 17.1 Å². The third kappa shape index (κ3) is 2.83. The minimum Gasteiger partial charge on any atom is -0.404 e. The van der Waals surface area contributed by atoms with Crippen LogP contribution >= 0.6 is 0 Å². The van der Waals surface area contributed by atoms with E-state index in [4.69, 9.17) is 4.42 Å². The molecular formula is C11H17N3O3. The van der Waals surface area contributed by atoms with E-state index in [-0.39, 0.29) is 5.88 Å². The van der Waals surface area contributed by atoms with Gasteiger partial charge < -0.3 is 9.73 Å². The Morgan fingerprint density at radius 3 is 3.00 bits per heavy atom. The standard InChI is InChI=1S/C11H17N3O3/c1-2-13(9-5-6-12-7-9)8-10-3-4-11(17-10)14(15)16/h3-4,9,12H,2,5-8H2,1H3. The van der Waals surface area contributed by atoms with Gasteiger partial charge in [-0.2, -0.15) is 0 Å². The summed E-state index contributed by atoms with van der Waals surface area (Å²) in [5.41, 5.74) is 0. The van der Waals surface area contributed by atoms with Crippen molar-refractivity contribution in [1.29, 1.82) is 0 Å². The number of nitrogens with zero attached hydrogens (tertiary/aromatic N) is 2. The second-order valence-electron chi connectivity index (χ2n) is 4.21. The second-order valence-corrected chi connectivity index (χ2v) is 4.21. The van der Waals surface area contributed by atoms with Gasteiger partial charge in [0, 0.05) is 12.6 Å². The molecule has 1 saturated heterocycles. The van der Waals surface area contributed by atoms with Crippen LogP contribution in [0.15, 0.2) is 16.5 Å². The molecule has 6 nitrogen and oxygen atoms in total. The van der Waals surface area contributed by atoms with Crippen molar-refractivity contribution in [1.82, 2.24) is 10.2 Å². The van der Waals surface area contributed by atoms with Gasteiger partial charge in [-0.25, -0.2) is 0 Å². The number of nitrogens with one attached hydrogen (secondary N) is 1. The third-order valence-electron chi connectivity index (χ3n) is 3.14.